The molecule has 0 radical (unpaired) electrons. The van der Waals surface area contributed by atoms with E-state index < -0.39 is 5.97 Å². The molecule has 6 rings (SSSR count). The number of carbonyl (C=O) groups is 2. The quantitative estimate of drug-likeness (QED) is 0.204. The average molecular weight is 655 g/mol. The topological polar surface area (TPSA) is 84.0 Å². The molecule has 0 spiro atoms. The van der Waals surface area contributed by atoms with Crippen molar-refractivity contribution in [3.63, 3.8) is 0 Å². The van der Waals surface area contributed by atoms with Gasteiger partial charge >= 0.3 is 5.97 Å². The van der Waals surface area contributed by atoms with Crippen LogP contribution in [-0.4, -0.2) is 78.1 Å². The molecule has 2 aromatic carbocycles. The first-order valence-corrected chi connectivity index (χ1v) is 18.6. The van der Waals surface area contributed by atoms with E-state index >= 15 is 0 Å². The Bertz CT molecular complexity index is 1510. The van der Waals surface area contributed by atoms with Gasteiger partial charge in [0, 0.05) is 41.2 Å². The van der Waals surface area contributed by atoms with Gasteiger partial charge in [-0.05, 0) is 96.1 Å². The van der Waals surface area contributed by atoms with Crippen molar-refractivity contribution in [2.45, 2.75) is 103 Å². The number of esters is 1. The lowest BCUT2D eigenvalue weighted by Crippen LogP contribution is -2.46. The monoisotopic (exact) mass is 654 g/mol. The lowest BCUT2D eigenvalue weighted by molar-refractivity contribution is -0.145. The van der Waals surface area contributed by atoms with E-state index in [4.69, 9.17) is 14.5 Å². The molecule has 8 nitrogen and oxygen atoms in total. The van der Waals surface area contributed by atoms with E-state index in [1.165, 1.54) is 64.5 Å². The molecule has 1 saturated carbocycles. The van der Waals surface area contributed by atoms with Gasteiger partial charge in [-0.15, -0.1) is 0 Å². The first-order valence-electron chi connectivity index (χ1n) is 18.6. The minimum absolute atomic E-state index is 0.0181. The van der Waals surface area contributed by atoms with E-state index in [1.54, 1.807) is 6.92 Å². The molecule has 1 aromatic heterocycles. The molecule has 3 aromatic rings. The van der Waals surface area contributed by atoms with E-state index in [1.807, 2.05) is 36.4 Å². The Kier molecular flexibility index (Phi) is 12.0. The summed E-state index contributed by atoms with van der Waals surface area (Å²) in [6.45, 7) is 9.25. The normalized spacial score (nSPS) is 19.2. The molecular formula is C40H54N4O4. The van der Waals surface area contributed by atoms with E-state index in [9.17, 15) is 9.59 Å². The Balaban J connectivity index is 1.37. The van der Waals surface area contributed by atoms with Crippen LogP contribution in [0.5, 0.6) is 5.75 Å². The van der Waals surface area contributed by atoms with Gasteiger partial charge in [-0.2, -0.15) is 0 Å². The second kappa shape index (κ2) is 16.8. The Morgan fingerprint density at radius 2 is 1.62 bits per heavy atom. The largest absolute Gasteiger partial charge is 0.482 e. The van der Waals surface area contributed by atoms with Crippen LogP contribution in [0.3, 0.4) is 0 Å². The lowest BCUT2D eigenvalue weighted by Gasteiger charge is -2.40. The summed E-state index contributed by atoms with van der Waals surface area (Å²) >= 11 is 0. The molecule has 258 valence electrons. The molecule has 3 aliphatic rings. The highest BCUT2D eigenvalue weighted by molar-refractivity contribution is 6.09. The molecule has 3 fully saturated rings. The third kappa shape index (κ3) is 8.38. The summed E-state index contributed by atoms with van der Waals surface area (Å²) in [5, 5.41) is 4.35. The number of amides is 1. The molecular weight excluding hydrogens is 600 g/mol. The summed E-state index contributed by atoms with van der Waals surface area (Å²) in [6, 6.07) is 16.7. The van der Waals surface area contributed by atoms with Crippen LogP contribution in [0, 0.1) is 5.92 Å². The highest BCUT2D eigenvalue weighted by Crippen LogP contribution is 2.35. The number of hydrogen-bond donors (Lipinski definition) is 1. The number of nitrogens with zero attached hydrogens (tertiary/aromatic N) is 3. The molecule has 0 bridgehead atoms. The molecule has 48 heavy (non-hydrogen) atoms. The van der Waals surface area contributed by atoms with Gasteiger partial charge in [0.2, 0.25) is 0 Å². The van der Waals surface area contributed by atoms with Crippen molar-refractivity contribution in [2.75, 3.05) is 39.4 Å². The Morgan fingerprint density at radius 3 is 2.33 bits per heavy atom. The predicted octanol–water partition coefficient (Wildman–Crippen LogP) is 7.38. The Morgan fingerprint density at radius 1 is 0.896 bits per heavy atom. The Labute approximate surface area is 286 Å². The number of rotatable bonds is 12. The molecule has 0 unspecified atom stereocenters. The van der Waals surface area contributed by atoms with Gasteiger partial charge in [0.15, 0.2) is 6.61 Å². The number of nitrogens with one attached hydrogen (secondary N) is 1. The number of carbonyl (C=O) groups excluding carboxylic acids is 2. The van der Waals surface area contributed by atoms with Gasteiger partial charge in [-0.3, -0.25) is 9.69 Å². The highest BCUT2D eigenvalue weighted by Gasteiger charge is 2.30. The van der Waals surface area contributed by atoms with Crippen molar-refractivity contribution >= 4 is 22.8 Å². The third-order valence-electron chi connectivity index (χ3n) is 10.8. The third-order valence-corrected chi connectivity index (χ3v) is 10.8. The highest BCUT2D eigenvalue weighted by atomic mass is 16.6. The number of hydrogen-bond acceptors (Lipinski definition) is 7. The number of ether oxygens (including phenoxy) is 2. The standard InChI is InChI=1S/C40H54N4O4/c1-3-35(29-14-8-5-9-15-29)42-40(46)38-33-19-18-32(48-28-37(45)47-4-2)26-36(33)41-39(30-16-10-6-11-17-30)34(38)27-43-24-20-31(21-25-43)44-22-12-7-13-23-44/h6,10-11,16-19,26,29,31,35H,3-5,7-9,12-15,20-25,27-28H2,1-2H3,(H,42,46)/t35-/m0/s1. The molecule has 3 heterocycles. The predicted molar refractivity (Wildman–Crippen MR) is 191 cm³/mol. The second-order valence-corrected chi connectivity index (χ2v) is 13.9. The summed E-state index contributed by atoms with van der Waals surface area (Å²) < 4.78 is 10.9. The number of benzene rings is 2. The molecule has 2 aliphatic heterocycles. The fourth-order valence-electron chi connectivity index (χ4n) is 8.25. The van der Waals surface area contributed by atoms with Crippen molar-refractivity contribution in [1.29, 1.82) is 0 Å². The van der Waals surface area contributed by atoms with Crippen LogP contribution in [0.25, 0.3) is 22.2 Å². The number of pyridine rings is 1. The zero-order valence-corrected chi connectivity index (χ0v) is 29.1. The van der Waals surface area contributed by atoms with E-state index in [0.717, 1.165) is 54.6 Å². The zero-order valence-electron chi connectivity index (χ0n) is 29.1. The average Bonchev–Trinajstić information content (AvgIpc) is 3.14. The SMILES string of the molecule is CCOC(=O)COc1ccc2c(C(=O)N[C@@H](CC)C3CCCCC3)c(CN3CCC(N4CCCCC4)CC3)c(-c3ccccc3)nc2c1. The smallest absolute Gasteiger partial charge is 0.344 e. The summed E-state index contributed by atoms with van der Waals surface area (Å²) in [7, 11) is 0. The first kappa shape index (κ1) is 34.4. The molecule has 1 amide bonds. The van der Waals surface area contributed by atoms with Gasteiger partial charge in [-0.1, -0.05) is 62.9 Å². The molecule has 1 N–H and O–H groups in total. The summed E-state index contributed by atoms with van der Waals surface area (Å²) in [6.07, 6.45) is 13.3. The summed E-state index contributed by atoms with van der Waals surface area (Å²) in [4.78, 5) is 37.2. The van der Waals surface area contributed by atoms with Crippen LogP contribution in [0.2, 0.25) is 0 Å². The summed E-state index contributed by atoms with van der Waals surface area (Å²) in [5.74, 6) is 0.600. The maximum Gasteiger partial charge on any atom is 0.344 e. The van der Waals surface area contributed by atoms with Crippen LogP contribution < -0.4 is 10.1 Å². The van der Waals surface area contributed by atoms with Crippen molar-refractivity contribution in [1.82, 2.24) is 20.1 Å². The number of aromatic nitrogens is 1. The number of likely N-dealkylation sites (tertiary alicyclic amines) is 2. The summed E-state index contributed by atoms with van der Waals surface area (Å²) in [5.41, 5.74) is 4.20. The van der Waals surface area contributed by atoms with Gasteiger partial charge in [0.1, 0.15) is 5.75 Å². The van der Waals surface area contributed by atoms with Crippen molar-refractivity contribution in [2.24, 2.45) is 5.92 Å². The van der Waals surface area contributed by atoms with Crippen molar-refractivity contribution in [3.05, 3.63) is 59.7 Å². The van der Waals surface area contributed by atoms with Gasteiger partial charge in [0.25, 0.3) is 5.91 Å². The van der Waals surface area contributed by atoms with E-state index in [2.05, 4.69) is 34.2 Å². The maximum absolute atomic E-state index is 14.7. The fraction of sp³-hybridized carbons (Fsp3) is 0.575. The van der Waals surface area contributed by atoms with E-state index in [-0.39, 0.29) is 18.6 Å². The number of piperidine rings is 2. The number of fused-ring (bicyclic) bond motifs is 1. The molecule has 1 aliphatic carbocycles. The van der Waals surface area contributed by atoms with Gasteiger partial charge in [0.05, 0.1) is 23.4 Å². The van der Waals surface area contributed by atoms with Crippen molar-refractivity contribution in [3.8, 4) is 17.0 Å². The minimum Gasteiger partial charge on any atom is -0.482 e. The van der Waals surface area contributed by atoms with Crippen LogP contribution >= 0.6 is 0 Å². The van der Waals surface area contributed by atoms with Gasteiger partial charge < -0.3 is 19.7 Å². The van der Waals surface area contributed by atoms with Crippen molar-refractivity contribution < 1.29 is 19.1 Å². The maximum atomic E-state index is 14.7. The minimum atomic E-state index is -0.414. The molecule has 1 atom stereocenters. The molecule has 8 heteroatoms. The van der Waals surface area contributed by atoms with Crippen LogP contribution in [-0.2, 0) is 16.1 Å². The second-order valence-electron chi connectivity index (χ2n) is 13.9. The van der Waals surface area contributed by atoms with E-state index in [0.29, 0.717) is 41.9 Å². The zero-order chi connectivity index (χ0) is 33.3. The lowest BCUT2D eigenvalue weighted by atomic mass is 9.82. The molecule has 2 saturated heterocycles. The van der Waals surface area contributed by atoms with Crippen LogP contribution in [0.4, 0.5) is 0 Å². The Hall–Kier alpha value is -3.49. The van der Waals surface area contributed by atoms with Crippen LogP contribution in [0.1, 0.15) is 100 Å². The fourth-order valence-corrected chi connectivity index (χ4v) is 8.25. The first-order chi connectivity index (χ1) is 23.5. The van der Waals surface area contributed by atoms with Crippen LogP contribution in [0.15, 0.2) is 48.5 Å². The van der Waals surface area contributed by atoms with Gasteiger partial charge in [-0.25, -0.2) is 9.78 Å².